The third kappa shape index (κ3) is 4.94. The van der Waals surface area contributed by atoms with Gasteiger partial charge in [0.2, 0.25) is 0 Å². The van der Waals surface area contributed by atoms with E-state index in [1.165, 1.54) is 17.4 Å². The summed E-state index contributed by atoms with van der Waals surface area (Å²) in [5, 5.41) is 11.8. The fourth-order valence-electron chi connectivity index (χ4n) is 1.83. The summed E-state index contributed by atoms with van der Waals surface area (Å²) in [7, 11) is 0. The number of carbonyl (C=O) groups excluding carboxylic acids is 1. The molecule has 21 heavy (non-hydrogen) atoms. The Labute approximate surface area is 124 Å². The van der Waals surface area contributed by atoms with Crippen LogP contribution in [-0.4, -0.2) is 50.1 Å². The first-order chi connectivity index (χ1) is 9.75. The van der Waals surface area contributed by atoms with E-state index in [1.807, 2.05) is 20.8 Å². The van der Waals surface area contributed by atoms with Gasteiger partial charge >= 0.3 is 12.0 Å². The number of hydrogen-bond donors (Lipinski definition) is 3. The van der Waals surface area contributed by atoms with Gasteiger partial charge in [-0.1, -0.05) is 6.08 Å². The van der Waals surface area contributed by atoms with Crippen LogP contribution in [0.15, 0.2) is 25.2 Å². The van der Waals surface area contributed by atoms with Gasteiger partial charge in [0, 0.05) is 30.4 Å². The normalized spacial score (nSPS) is 12.5. The fraction of sp³-hybridized carbons (Fsp3) is 0.500. The molecule has 0 saturated carbocycles. The average Bonchev–Trinajstić information content (AvgIpc) is 2.86. The third-order valence-electron chi connectivity index (χ3n) is 2.94. The van der Waals surface area contributed by atoms with Crippen LogP contribution in [0.1, 0.15) is 26.5 Å². The highest BCUT2D eigenvalue weighted by molar-refractivity contribution is 5.83. The summed E-state index contributed by atoms with van der Waals surface area (Å²) in [5.74, 6) is -1.09. The predicted octanol–water partition coefficient (Wildman–Crippen LogP) is 1.40. The van der Waals surface area contributed by atoms with Crippen molar-refractivity contribution in [1.82, 2.24) is 20.2 Å². The van der Waals surface area contributed by atoms with Crippen LogP contribution in [0.3, 0.4) is 0 Å². The molecule has 0 aliphatic rings. The van der Waals surface area contributed by atoms with Gasteiger partial charge in [0.25, 0.3) is 0 Å². The lowest BCUT2D eigenvalue weighted by atomic mass is 10.1. The number of aromatic nitrogens is 2. The molecule has 0 bridgehead atoms. The van der Waals surface area contributed by atoms with E-state index in [1.54, 1.807) is 6.08 Å². The number of nitrogens with zero attached hydrogens (tertiary/aromatic N) is 2. The van der Waals surface area contributed by atoms with Gasteiger partial charge in [-0.25, -0.2) is 14.6 Å². The minimum atomic E-state index is -1.09. The highest BCUT2D eigenvalue weighted by Gasteiger charge is 2.29. The Morgan fingerprint density at radius 1 is 1.57 bits per heavy atom. The first kappa shape index (κ1) is 16.7. The number of aliphatic carboxylic acids is 1. The van der Waals surface area contributed by atoms with Crippen LogP contribution in [0.2, 0.25) is 0 Å². The lowest BCUT2D eigenvalue weighted by Crippen LogP contribution is -2.54. The molecule has 1 aromatic heterocycles. The molecule has 0 aliphatic carbocycles. The van der Waals surface area contributed by atoms with Crippen LogP contribution < -0.4 is 5.32 Å². The summed E-state index contributed by atoms with van der Waals surface area (Å²) in [6.45, 7) is 9.59. The number of rotatable bonds is 6. The van der Waals surface area contributed by atoms with Crippen LogP contribution in [0, 0.1) is 0 Å². The Morgan fingerprint density at radius 3 is 2.67 bits per heavy atom. The summed E-state index contributed by atoms with van der Waals surface area (Å²) in [6.07, 6.45) is 4.76. The quantitative estimate of drug-likeness (QED) is 0.691. The van der Waals surface area contributed by atoms with Gasteiger partial charge in [-0.05, 0) is 20.8 Å². The smallest absolute Gasteiger partial charge is 0.326 e. The summed E-state index contributed by atoms with van der Waals surface area (Å²) >= 11 is 0. The predicted molar refractivity (Wildman–Crippen MR) is 78.9 cm³/mol. The molecule has 2 amide bonds. The van der Waals surface area contributed by atoms with Crippen molar-refractivity contribution >= 4 is 12.0 Å². The third-order valence-corrected chi connectivity index (χ3v) is 2.94. The largest absolute Gasteiger partial charge is 0.480 e. The van der Waals surface area contributed by atoms with Crippen molar-refractivity contribution in [3.05, 3.63) is 30.9 Å². The molecule has 0 aromatic carbocycles. The van der Waals surface area contributed by atoms with Gasteiger partial charge in [0.05, 0.1) is 6.33 Å². The molecule has 0 fully saturated rings. The number of carbonyl (C=O) groups is 2. The van der Waals surface area contributed by atoms with E-state index in [0.717, 1.165) is 0 Å². The van der Waals surface area contributed by atoms with Gasteiger partial charge in [-0.3, -0.25) is 0 Å². The summed E-state index contributed by atoms with van der Waals surface area (Å²) in [6, 6.07) is -1.46. The van der Waals surface area contributed by atoms with E-state index in [2.05, 4.69) is 21.9 Å². The molecule has 1 heterocycles. The van der Waals surface area contributed by atoms with Gasteiger partial charge in [-0.2, -0.15) is 0 Å². The molecule has 0 saturated heterocycles. The summed E-state index contributed by atoms with van der Waals surface area (Å²) in [5.41, 5.74) is 0.212. The minimum Gasteiger partial charge on any atom is -0.480 e. The molecule has 0 radical (unpaired) electrons. The highest BCUT2D eigenvalue weighted by Crippen LogP contribution is 2.13. The summed E-state index contributed by atoms with van der Waals surface area (Å²) in [4.78, 5) is 31.8. The van der Waals surface area contributed by atoms with E-state index >= 15 is 0 Å². The van der Waals surface area contributed by atoms with Crippen LogP contribution in [0.5, 0.6) is 0 Å². The van der Waals surface area contributed by atoms with Gasteiger partial charge in [0.15, 0.2) is 0 Å². The molecule has 1 atom stereocenters. The lowest BCUT2D eigenvalue weighted by Gasteiger charge is -2.35. The fourth-order valence-corrected chi connectivity index (χ4v) is 1.83. The molecule has 3 N–H and O–H groups in total. The molecular weight excluding hydrogens is 272 g/mol. The highest BCUT2D eigenvalue weighted by atomic mass is 16.4. The number of imidazole rings is 1. The average molecular weight is 294 g/mol. The second kappa shape index (κ2) is 6.92. The lowest BCUT2D eigenvalue weighted by molar-refractivity contribution is -0.139. The maximum atomic E-state index is 12.3. The second-order valence-electron chi connectivity index (χ2n) is 5.69. The SMILES string of the molecule is C=CCN(C(=O)N[C@H](Cc1cnc[nH]1)C(=O)O)C(C)(C)C. The van der Waals surface area contributed by atoms with E-state index in [0.29, 0.717) is 12.2 Å². The number of hydrogen-bond acceptors (Lipinski definition) is 3. The van der Waals surface area contributed by atoms with E-state index in [4.69, 9.17) is 0 Å². The first-order valence-corrected chi connectivity index (χ1v) is 6.64. The molecule has 0 spiro atoms. The van der Waals surface area contributed by atoms with Crippen molar-refractivity contribution in [3.63, 3.8) is 0 Å². The number of aromatic amines is 1. The van der Waals surface area contributed by atoms with Crippen molar-refractivity contribution in [2.45, 2.75) is 38.8 Å². The molecule has 0 unspecified atom stereocenters. The van der Waals surface area contributed by atoms with E-state index < -0.39 is 23.6 Å². The standard InChI is InChI=1S/C14H22N4O3/c1-5-6-18(14(2,3)4)13(21)17-11(12(19)20)7-10-8-15-9-16-10/h5,8-9,11H,1,6-7H2,2-4H3,(H,15,16)(H,17,21)(H,19,20)/t11-/m1/s1. The number of amides is 2. The molecule has 0 aliphatic heterocycles. The van der Waals surface area contributed by atoms with Gasteiger partial charge in [0.1, 0.15) is 6.04 Å². The van der Waals surface area contributed by atoms with Crippen molar-refractivity contribution in [3.8, 4) is 0 Å². The van der Waals surface area contributed by atoms with Crippen LogP contribution in [0.25, 0.3) is 0 Å². The minimum absolute atomic E-state index is 0.146. The number of carboxylic acid groups (broad SMARTS) is 1. The Bertz CT molecular complexity index is 491. The summed E-state index contributed by atoms with van der Waals surface area (Å²) < 4.78 is 0. The van der Waals surface area contributed by atoms with Crippen molar-refractivity contribution in [2.24, 2.45) is 0 Å². The van der Waals surface area contributed by atoms with E-state index in [9.17, 15) is 14.7 Å². The van der Waals surface area contributed by atoms with Gasteiger partial charge < -0.3 is 20.3 Å². The van der Waals surface area contributed by atoms with Gasteiger partial charge in [-0.15, -0.1) is 6.58 Å². The van der Waals surface area contributed by atoms with E-state index in [-0.39, 0.29) is 6.42 Å². The zero-order valence-electron chi connectivity index (χ0n) is 12.6. The number of nitrogens with one attached hydrogen (secondary N) is 2. The molecular formula is C14H22N4O3. The Morgan fingerprint density at radius 2 is 2.24 bits per heavy atom. The van der Waals surface area contributed by atoms with Crippen LogP contribution in [0.4, 0.5) is 4.79 Å². The zero-order valence-corrected chi connectivity index (χ0v) is 12.6. The molecule has 116 valence electrons. The maximum absolute atomic E-state index is 12.3. The maximum Gasteiger partial charge on any atom is 0.326 e. The number of H-pyrrole nitrogens is 1. The Kier molecular flexibility index (Phi) is 5.52. The Hall–Kier alpha value is -2.31. The zero-order chi connectivity index (χ0) is 16.0. The first-order valence-electron chi connectivity index (χ1n) is 6.64. The van der Waals surface area contributed by atoms with Crippen molar-refractivity contribution < 1.29 is 14.7 Å². The molecule has 7 heteroatoms. The van der Waals surface area contributed by atoms with Crippen LogP contribution in [-0.2, 0) is 11.2 Å². The monoisotopic (exact) mass is 294 g/mol. The number of carboxylic acids is 1. The molecule has 1 aromatic rings. The molecule has 1 rings (SSSR count). The topological polar surface area (TPSA) is 98.3 Å². The number of urea groups is 1. The Balaban J connectivity index is 2.79. The van der Waals surface area contributed by atoms with Crippen molar-refractivity contribution in [2.75, 3.05) is 6.54 Å². The molecule has 7 nitrogen and oxygen atoms in total. The van der Waals surface area contributed by atoms with Crippen molar-refractivity contribution in [1.29, 1.82) is 0 Å². The van der Waals surface area contributed by atoms with Crippen LogP contribution >= 0.6 is 0 Å². The second-order valence-corrected chi connectivity index (χ2v) is 5.69.